The molecule has 0 radical (unpaired) electrons. The quantitative estimate of drug-likeness (QED) is 0.390. The topological polar surface area (TPSA) is 136 Å². The van der Waals surface area contributed by atoms with Gasteiger partial charge in [-0.05, 0) is 70.2 Å². The van der Waals surface area contributed by atoms with Gasteiger partial charge < -0.3 is 29.3 Å². The molecule has 0 saturated carbocycles. The number of piperazine rings is 1. The largest absolute Gasteiger partial charge is 0.465 e. The number of nitriles is 1. The van der Waals surface area contributed by atoms with Crippen molar-refractivity contribution in [1.29, 1.82) is 5.26 Å². The molecule has 0 aliphatic carbocycles. The number of carboxylic acid groups (broad SMARTS) is 1. The third-order valence-electron chi connectivity index (χ3n) is 10.6. The molecule has 4 atom stereocenters. The maximum Gasteiger partial charge on any atom is 0.407 e. The van der Waals surface area contributed by atoms with E-state index in [-0.39, 0.29) is 37.9 Å². The minimum atomic E-state index is -1.02. The average molecular weight is 662 g/mol. The lowest BCUT2D eigenvalue weighted by Crippen LogP contribution is -2.55. The molecular weight excluding hydrogens is 617 g/mol. The Balaban J connectivity index is 1.23. The van der Waals surface area contributed by atoms with Crippen molar-refractivity contribution in [3.05, 3.63) is 34.6 Å². The number of amides is 1. The summed E-state index contributed by atoms with van der Waals surface area (Å²) >= 11 is 0. The molecule has 4 aliphatic rings. The third kappa shape index (κ3) is 6.09. The lowest BCUT2D eigenvalue weighted by atomic mass is 9.99. The number of ether oxygens (including phenoxy) is 2. The van der Waals surface area contributed by atoms with Crippen LogP contribution in [-0.4, -0.2) is 112 Å². The lowest BCUT2D eigenvalue weighted by Gasteiger charge is -2.41. The van der Waals surface area contributed by atoms with Gasteiger partial charge in [-0.1, -0.05) is 0 Å². The van der Waals surface area contributed by atoms with Crippen molar-refractivity contribution in [3.63, 3.8) is 0 Å². The molecule has 0 spiro atoms. The highest BCUT2D eigenvalue weighted by atomic mass is 19.1. The van der Waals surface area contributed by atoms with Crippen molar-refractivity contribution in [2.24, 2.45) is 0 Å². The van der Waals surface area contributed by atoms with Gasteiger partial charge >= 0.3 is 12.1 Å². The van der Waals surface area contributed by atoms with Crippen LogP contribution in [0.3, 0.4) is 0 Å². The Morgan fingerprint density at radius 1 is 1.17 bits per heavy atom. The number of rotatable bonds is 7. The van der Waals surface area contributed by atoms with Crippen LogP contribution in [0.5, 0.6) is 6.01 Å². The van der Waals surface area contributed by atoms with Gasteiger partial charge in [0.1, 0.15) is 18.6 Å². The highest BCUT2D eigenvalue weighted by Crippen LogP contribution is 2.39. The zero-order valence-corrected chi connectivity index (χ0v) is 27.9. The molecule has 4 aliphatic heterocycles. The van der Waals surface area contributed by atoms with Crippen LogP contribution in [0.2, 0.25) is 0 Å². The zero-order chi connectivity index (χ0) is 33.5. The number of anilines is 2. The van der Waals surface area contributed by atoms with Gasteiger partial charge in [-0.15, -0.1) is 0 Å². The number of fused-ring (bicyclic) bond motifs is 2. The molecule has 3 aromatic rings. The third-order valence-corrected chi connectivity index (χ3v) is 10.6. The van der Waals surface area contributed by atoms with Crippen molar-refractivity contribution in [3.8, 4) is 12.1 Å². The molecule has 2 aromatic heterocycles. The van der Waals surface area contributed by atoms with Gasteiger partial charge in [0.15, 0.2) is 6.23 Å². The highest BCUT2D eigenvalue weighted by Gasteiger charge is 2.35. The fraction of sp³-hybridized carbons (Fsp3) is 0.618. The Morgan fingerprint density at radius 2 is 2.02 bits per heavy atom. The first kappa shape index (κ1) is 32.3. The number of likely N-dealkylation sites (N-methyl/N-ethyl adjacent to an activating group) is 1. The van der Waals surface area contributed by atoms with Crippen LogP contribution in [0, 0.1) is 25.2 Å². The molecule has 14 heteroatoms. The van der Waals surface area contributed by atoms with E-state index in [9.17, 15) is 19.6 Å². The Kier molecular flexibility index (Phi) is 9.00. The number of carbonyl (C=O) groups is 1. The van der Waals surface area contributed by atoms with E-state index in [2.05, 4.69) is 35.8 Å². The molecule has 48 heavy (non-hydrogen) atoms. The van der Waals surface area contributed by atoms with Crippen molar-refractivity contribution in [2.75, 3.05) is 62.8 Å². The minimum Gasteiger partial charge on any atom is -0.465 e. The normalized spacial score (nSPS) is 24.9. The van der Waals surface area contributed by atoms with Gasteiger partial charge in [-0.2, -0.15) is 20.3 Å². The standard InChI is InChI=1S/C34H44FN9O4/c1-21-14-29-27(16-37-44(29)30-6-4-5-13-47-30)31(22(21)2)41-10-8-26-28(19-41)38-33(48-20-25-15-23(35)17-40(25)3)39-32(26)42-11-12-43(34(45)46)24(18-42)7-9-36/h14,16,23-25,30H,4-8,10-13,15,17-20H2,1-3H3,(H,45,46)/t23-,24+,25+,30?/m1/s1. The van der Waals surface area contributed by atoms with E-state index in [1.54, 1.807) is 0 Å². The molecule has 1 unspecified atom stereocenters. The van der Waals surface area contributed by atoms with Gasteiger partial charge in [0.25, 0.3) is 0 Å². The first-order valence-corrected chi connectivity index (χ1v) is 17.0. The van der Waals surface area contributed by atoms with Crippen LogP contribution in [-0.2, 0) is 17.7 Å². The molecule has 6 heterocycles. The number of nitrogens with zero attached hydrogens (tertiary/aromatic N) is 9. The molecule has 1 amide bonds. The van der Waals surface area contributed by atoms with E-state index < -0.39 is 18.3 Å². The summed E-state index contributed by atoms with van der Waals surface area (Å²) in [5.74, 6) is 0.721. The van der Waals surface area contributed by atoms with E-state index in [0.29, 0.717) is 39.0 Å². The second-order valence-electron chi connectivity index (χ2n) is 13.6. The number of benzene rings is 1. The fourth-order valence-electron chi connectivity index (χ4n) is 7.82. The predicted molar refractivity (Wildman–Crippen MR) is 177 cm³/mol. The summed E-state index contributed by atoms with van der Waals surface area (Å²) in [6.07, 6.45) is 4.28. The van der Waals surface area contributed by atoms with Gasteiger partial charge in [0.05, 0.1) is 48.2 Å². The molecule has 1 aromatic carbocycles. The summed E-state index contributed by atoms with van der Waals surface area (Å²) in [5.41, 5.74) is 6.41. The monoisotopic (exact) mass is 661 g/mol. The number of alkyl halides is 1. The molecule has 7 rings (SSSR count). The molecular formula is C34H44FN9O4. The Bertz CT molecular complexity index is 1720. The number of aryl methyl sites for hydroxylation is 1. The first-order valence-electron chi connectivity index (χ1n) is 17.0. The smallest absolute Gasteiger partial charge is 0.407 e. The van der Waals surface area contributed by atoms with E-state index in [1.165, 1.54) is 16.0 Å². The Morgan fingerprint density at radius 3 is 2.75 bits per heavy atom. The molecule has 13 nitrogen and oxygen atoms in total. The number of likely N-dealkylation sites (tertiary alicyclic amines) is 1. The SMILES string of the molecule is Cc1cc2c(cnn2C2CCCCO2)c(N2CCc3c(nc(OC[C@@H]4C[C@@H](F)CN4C)nc3N3CCN(C(=O)O)[C@@H](CC#N)C3)C2)c1C. The number of aromatic nitrogens is 4. The summed E-state index contributed by atoms with van der Waals surface area (Å²) in [5, 5.41) is 25.1. The average Bonchev–Trinajstić information content (AvgIpc) is 3.64. The second-order valence-corrected chi connectivity index (χ2v) is 13.6. The van der Waals surface area contributed by atoms with Gasteiger partial charge in [-0.25, -0.2) is 13.9 Å². The molecule has 0 bridgehead atoms. The first-order chi connectivity index (χ1) is 23.2. The second kappa shape index (κ2) is 13.4. The van der Waals surface area contributed by atoms with Crippen molar-refractivity contribution < 1.29 is 23.8 Å². The van der Waals surface area contributed by atoms with Gasteiger partial charge in [0, 0.05) is 56.3 Å². The highest BCUT2D eigenvalue weighted by molar-refractivity contribution is 5.95. The maximum absolute atomic E-state index is 14.1. The molecule has 256 valence electrons. The van der Waals surface area contributed by atoms with Crippen LogP contribution in [0.1, 0.15) is 60.7 Å². The summed E-state index contributed by atoms with van der Waals surface area (Å²) in [6, 6.07) is 4.04. The molecule has 1 N–H and O–H groups in total. The number of halogens is 1. The van der Waals surface area contributed by atoms with Crippen LogP contribution in [0.25, 0.3) is 10.9 Å². The molecule has 3 fully saturated rings. The predicted octanol–water partition coefficient (Wildman–Crippen LogP) is 4.21. The number of hydrogen-bond donors (Lipinski definition) is 1. The molecule has 3 saturated heterocycles. The van der Waals surface area contributed by atoms with Crippen LogP contribution >= 0.6 is 0 Å². The van der Waals surface area contributed by atoms with Crippen molar-refractivity contribution in [2.45, 2.75) is 83.4 Å². The van der Waals surface area contributed by atoms with Gasteiger partial charge in [0.2, 0.25) is 0 Å². The van der Waals surface area contributed by atoms with Crippen molar-refractivity contribution in [1.82, 2.24) is 29.5 Å². The van der Waals surface area contributed by atoms with E-state index in [0.717, 1.165) is 66.1 Å². The Labute approximate surface area is 279 Å². The summed E-state index contributed by atoms with van der Waals surface area (Å²) in [6.45, 7) is 7.99. The zero-order valence-electron chi connectivity index (χ0n) is 27.9. The fourth-order valence-corrected chi connectivity index (χ4v) is 7.82. The summed E-state index contributed by atoms with van der Waals surface area (Å²) in [4.78, 5) is 29.5. The summed E-state index contributed by atoms with van der Waals surface area (Å²) in [7, 11) is 1.90. The number of hydrogen-bond acceptors (Lipinski definition) is 10. The van der Waals surface area contributed by atoms with E-state index in [1.807, 2.05) is 22.8 Å². The van der Waals surface area contributed by atoms with Crippen LogP contribution in [0.4, 0.5) is 20.7 Å². The van der Waals surface area contributed by atoms with Crippen molar-refractivity contribution >= 4 is 28.5 Å². The minimum absolute atomic E-state index is 0.0682. The van der Waals surface area contributed by atoms with Crippen LogP contribution < -0.4 is 14.5 Å². The Hall–Kier alpha value is -4.22. The lowest BCUT2D eigenvalue weighted by molar-refractivity contribution is -0.0366. The van der Waals surface area contributed by atoms with E-state index >= 15 is 0 Å². The van der Waals surface area contributed by atoms with Crippen LogP contribution in [0.15, 0.2) is 12.3 Å². The van der Waals surface area contributed by atoms with E-state index in [4.69, 9.17) is 24.5 Å². The summed E-state index contributed by atoms with van der Waals surface area (Å²) < 4.78 is 28.5. The van der Waals surface area contributed by atoms with Gasteiger partial charge in [-0.3, -0.25) is 4.90 Å². The maximum atomic E-state index is 14.1.